The lowest BCUT2D eigenvalue weighted by Crippen LogP contribution is -2.50. The van der Waals surface area contributed by atoms with Crippen molar-refractivity contribution >= 4 is 11.9 Å². The first kappa shape index (κ1) is 22.4. The molecule has 2 rings (SSSR count). The molecule has 4 nitrogen and oxygen atoms in total. The number of carboxylic acids is 1. The third-order valence-corrected chi connectivity index (χ3v) is 5.41. The predicted molar refractivity (Wildman–Crippen MR) is 117 cm³/mol. The fourth-order valence-corrected chi connectivity index (χ4v) is 3.52. The summed E-state index contributed by atoms with van der Waals surface area (Å²) in [4.78, 5) is 25.1. The molecule has 0 saturated heterocycles. The quantitative estimate of drug-likeness (QED) is 0.390. The van der Waals surface area contributed by atoms with Crippen LogP contribution in [-0.4, -0.2) is 23.0 Å². The van der Waals surface area contributed by atoms with Gasteiger partial charge >= 0.3 is 5.97 Å². The minimum atomic E-state index is -0.993. The van der Waals surface area contributed by atoms with Gasteiger partial charge in [0.1, 0.15) is 6.04 Å². The molecule has 0 heterocycles. The Kier molecular flexibility index (Phi) is 8.66. The number of hydrogen-bond donors (Lipinski definition) is 2. The molecule has 0 aliphatic carbocycles. The molecule has 4 heteroatoms. The molecule has 0 bridgehead atoms. The van der Waals surface area contributed by atoms with E-state index in [0.717, 1.165) is 43.2 Å². The number of benzene rings is 2. The number of rotatable bonds is 12. The Morgan fingerprint density at radius 2 is 1.48 bits per heavy atom. The van der Waals surface area contributed by atoms with Crippen molar-refractivity contribution in [2.75, 3.05) is 0 Å². The van der Waals surface area contributed by atoms with Crippen molar-refractivity contribution in [1.29, 1.82) is 0 Å². The van der Waals surface area contributed by atoms with Crippen LogP contribution < -0.4 is 5.32 Å². The summed E-state index contributed by atoms with van der Waals surface area (Å²) in [6, 6.07) is 18.1. The van der Waals surface area contributed by atoms with Gasteiger partial charge in [0, 0.05) is 0 Å². The van der Waals surface area contributed by atoms with Crippen LogP contribution in [0.5, 0.6) is 0 Å². The normalized spacial score (nSPS) is 12.2. The van der Waals surface area contributed by atoms with Gasteiger partial charge in [0.2, 0.25) is 5.91 Å². The Hall–Kier alpha value is -2.88. The second kappa shape index (κ2) is 11.2. The molecule has 0 aliphatic rings. The number of carboxylic acid groups (broad SMARTS) is 1. The number of allylic oxidation sites excluding steroid dienone is 1. The predicted octanol–water partition coefficient (Wildman–Crippen LogP) is 5.09. The molecule has 2 N–H and O–H groups in total. The van der Waals surface area contributed by atoms with E-state index in [1.54, 1.807) is 0 Å². The fourth-order valence-electron chi connectivity index (χ4n) is 3.52. The average Bonchev–Trinajstić information content (AvgIpc) is 2.75. The Morgan fingerprint density at radius 3 is 1.97 bits per heavy atom. The third-order valence-electron chi connectivity index (χ3n) is 5.41. The lowest BCUT2D eigenvalue weighted by molar-refractivity contribution is -0.142. The zero-order valence-corrected chi connectivity index (χ0v) is 17.1. The van der Waals surface area contributed by atoms with E-state index in [0.29, 0.717) is 6.42 Å². The molecule has 0 aromatic heterocycles. The van der Waals surface area contributed by atoms with Crippen LogP contribution in [0, 0.1) is 0 Å². The minimum absolute atomic E-state index is 0.297. The minimum Gasteiger partial charge on any atom is -0.480 e. The molecular formula is C25H31NO3. The van der Waals surface area contributed by atoms with Crippen molar-refractivity contribution in [1.82, 2.24) is 5.32 Å². The lowest BCUT2D eigenvalue weighted by Gasteiger charge is -2.31. The second-order valence-corrected chi connectivity index (χ2v) is 7.50. The summed E-state index contributed by atoms with van der Waals surface area (Å²) in [5.74, 6) is -1.29. The van der Waals surface area contributed by atoms with Gasteiger partial charge in [0.15, 0.2) is 0 Å². The molecule has 0 unspecified atom stereocenters. The number of carbonyl (C=O) groups excluding carboxylic acids is 1. The van der Waals surface area contributed by atoms with Gasteiger partial charge in [-0.05, 0) is 37.3 Å². The van der Waals surface area contributed by atoms with Crippen LogP contribution in [0.25, 0.3) is 0 Å². The number of aliphatic carboxylic acids is 1. The monoisotopic (exact) mass is 393 g/mol. The molecule has 0 fully saturated rings. The van der Waals surface area contributed by atoms with E-state index in [9.17, 15) is 14.7 Å². The van der Waals surface area contributed by atoms with Crippen LogP contribution in [0.4, 0.5) is 0 Å². The van der Waals surface area contributed by atoms with Gasteiger partial charge < -0.3 is 10.4 Å². The SMILES string of the molecule is C=CCCCCCC[C@@H](NC(=O)C(C)(c1ccccc1)c1ccccc1)C(=O)O. The summed E-state index contributed by atoms with van der Waals surface area (Å²) in [5.41, 5.74) is 0.690. The highest BCUT2D eigenvalue weighted by Gasteiger charge is 2.38. The maximum Gasteiger partial charge on any atom is 0.326 e. The lowest BCUT2D eigenvalue weighted by atomic mass is 9.75. The molecular weight excluding hydrogens is 362 g/mol. The van der Waals surface area contributed by atoms with E-state index in [4.69, 9.17) is 0 Å². The van der Waals surface area contributed by atoms with Crippen molar-refractivity contribution in [3.63, 3.8) is 0 Å². The van der Waals surface area contributed by atoms with Gasteiger partial charge in [-0.1, -0.05) is 86.0 Å². The summed E-state index contributed by atoms with van der Waals surface area (Å²) >= 11 is 0. The van der Waals surface area contributed by atoms with Gasteiger partial charge in [-0.2, -0.15) is 0 Å². The molecule has 1 atom stereocenters. The zero-order chi connectivity index (χ0) is 21.1. The Labute approximate surface area is 173 Å². The maximum absolute atomic E-state index is 13.4. The van der Waals surface area contributed by atoms with Crippen molar-refractivity contribution in [3.05, 3.63) is 84.4 Å². The van der Waals surface area contributed by atoms with Crippen LogP contribution in [-0.2, 0) is 15.0 Å². The molecule has 2 aromatic carbocycles. The molecule has 0 spiro atoms. The summed E-state index contributed by atoms with van der Waals surface area (Å²) in [5, 5.41) is 12.4. The Bertz CT molecular complexity index is 747. The highest BCUT2D eigenvalue weighted by molar-refractivity contribution is 5.94. The van der Waals surface area contributed by atoms with Gasteiger partial charge in [-0.25, -0.2) is 4.79 Å². The molecule has 1 amide bonds. The third kappa shape index (κ3) is 6.05. The first-order valence-electron chi connectivity index (χ1n) is 10.3. The molecule has 0 saturated carbocycles. The summed E-state index contributed by atoms with van der Waals surface area (Å²) < 4.78 is 0. The van der Waals surface area contributed by atoms with Crippen LogP contribution in [0.1, 0.15) is 56.6 Å². The van der Waals surface area contributed by atoms with E-state index in [-0.39, 0.29) is 5.91 Å². The van der Waals surface area contributed by atoms with E-state index in [1.807, 2.05) is 73.7 Å². The van der Waals surface area contributed by atoms with Gasteiger partial charge in [-0.15, -0.1) is 6.58 Å². The van der Waals surface area contributed by atoms with Crippen LogP contribution >= 0.6 is 0 Å². The number of amides is 1. The average molecular weight is 394 g/mol. The zero-order valence-electron chi connectivity index (χ0n) is 17.1. The molecule has 2 aromatic rings. The first-order valence-corrected chi connectivity index (χ1v) is 10.3. The topological polar surface area (TPSA) is 66.4 Å². The first-order chi connectivity index (χ1) is 14.0. The van der Waals surface area contributed by atoms with Gasteiger partial charge in [0.05, 0.1) is 5.41 Å². The summed E-state index contributed by atoms with van der Waals surface area (Å²) in [6.07, 6.45) is 7.12. The fraction of sp³-hybridized carbons (Fsp3) is 0.360. The van der Waals surface area contributed by atoms with E-state index in [2.05, 4.69) is 11.9 Å². The van der Waals surface area contributed by atoms with Crippen LogP contribution in [0.3, 0.4) is 0 Å². The Balaban J connectivity index is 2.15. The van der Waals surface area contributed by atoms with Crippen molar-refractivity contribution < 1.29 is 14.7 Å². The smallest absolute Gasteiger partial charge is 0.326 e. The van der Waals surface area contributed by atoms with Crippen molar-refractivity contribution in [2.24, 2.45) is 0 Å². The van der Waals surface area contributed by atoms with Gasteiger partial charge in [-0.3, -0.25) is 4.79 Å². The second-order valence-electron chi connectivity index (χ2n) is 7.50. The molecule has 154 valence electrons. The van der Waals surface area contributed by atoms with Crippen molar-refractivity contribution in [3.8, 4) is 0 Å². The van der Waals surface area contributed by atoms with Crippen molar-refractivity contribution in [2.45, 2.75) is 56.9 Å². The van der Waals surface area contributed by atoms with E-state index < -0.39 is 17.4 Å². The highest BCUT2D eigenvalue weighted by atomic mass is 16.4. The standard InChI is InChI=1S/C25H31NO3/c1-3-4-5-6-7-14-19-22(23(27)28)26-24(29)25(2,20-15-10-8-11-16-20)21-17-12-9-13-18-21/h3,8-13,15-18,22H,1,4-7,14,19H2,2H3,(H,26,29)(H,27,28)/t22-/m1/s1. The largest absolute Gasteiger partial charge is 0.480 e. The Morgan fingerprint density at radius 1 is 0.966 bits per heavy atom. The molecule has 0 aliphatic heterocycles. The highest BCUT2D eigenvalue weighted by Crippen LogP contribution is 2.32. The molecule has 0 radical (unpaired) electrons. The molecule has 29 heavy (non-hydrogen) atoms. The number of nitrogens with one attached hydrogen (secondary N) is 1. The number of carbonyl (C=O) groups is 2. The van der Waals surface area contributed by atoms with Crippen LogP contribution in [0.2, 0.25) is 0 Å². The van der Waals surface area contributed by atoms with E-state index in [1.165, 1.54) is 0 Å². The maximum atomic E-state index is 13.4. The summed E-state index contributed by atoms with van der Waals surface area (Å²) in [6.45, 7) is 5.56. The van der Waals surface area contributed by atoms with Gasteiger partial charge in [0.25, 0.3) is 0 Å². The summed E-state index contributed by atoms with van der Waals surface area (Å²) in [7, 11) is 0. The number of unbranched alkanes of at least 4 members (excludes halogenated alkanes) is 4. The number of hydrogen-bond acceptors (Lipinski definition) is 2. The van der Waals surface area contributed by atoms with E-state index >= 15 is 0 Å². The van der Waals surface area contributed by atoms with Crippen LogP contribution in [0.15, 0.2) is 73.3 Å².